The first-order valence-corrected chi connectivity index (χ1v) is 7.24. The first kappa shape index (κ1) is 14.5. The number of ether oxygens (including phenoxy) is 1. The van der Waals surface area contributed by atoms with E-state index < -0.39 is 0 Å². The standard InChI is InChI=1S/C15H25OP/c1-5-7-11(3)12-8-9-13(15(17)6-2)14(10-12)16-4/h8-11,15H,5-7,17H2,1-4H3. The lowest BCUT2D eigenvalue weighted by Gasteiger charge is -2.17. The Labute approximate surface area is 108 Å². The van der Waals surface area contributed by atoms with E-state index in [1.54, 1.807) is 7.11 Å². The van der Waals surface area contributed by atoms with E-state index >= 15 is 0 Å². The topological polar surface area (TPSA) is 9.23 Å². The molecule has 0 fully saturated rings. The Hall–Kier alpha value is -0.550. The van der Waals surface area contributed by atoms with E-state index in [4.69, 9.17) is 4.74 Å². The average Bonchev–Trinajstić information content (AvgIpc) is 2.37. The zero-order valence-corrected chi connectivity index (χ0v) is 12.6. The van der Waals surface area contributed by atoms with Gasteiger partial charge in [-0.25, -0.2) is 0 Å². The molecule has 0 heterocycles. The number of hydrogen-bond acceptors (Lipinski definition) is 1. The minimum atomic E-state index is 0.487. The fourth-order valence-electron chi connectivity index (χ4n) is 2.16. The zero-order chi connectivity index (χ0) is 12.8. The van der Waals surface area contributed by atoms with Gasteiger partial charge in [0.05, 0.1) is 7.11 Å². The summed E-state index contributed by atoms with van der Waals surface area (Å²) in [6.07, 6.45) is 3.58. The second-order valence-corrected chi connectivity index (χ2v) is 5.51. The van der Waals surface area contributed by atoms with Gasteiger partial charge in [-0.2, -0.15) is 0 Å². The third-order valence-corrected chi connectivity index (χ3v) is 4.22. The van der Waals surface area contributed by atoms with E-state index in [1.807, 2.05) is 0 Å². The largest absolute Gasteiger partial charge is 0.496 e. The summed E-state index contributed by atoms with van der Waals surface area (Å²) in [5, 5.41) is 0. The maximum absolute atomic E-state index is 5.52. The highest BCUT2D eigenvalue weighted by Crippen LogP contribution is 2.36. The normalized spacial score (nSPS) is 14.4. The molecule has 0 radical (unpaired) electrons. The fourth-order valence-corrected chi connectivity index (χ4v) is 2.44. The molecule has 0 aromatic heterocycles. The van der Waals surface area contributed by atoms with E-state index in [0.29, 0.717) is 11.6 Å². The highest BCUT2D eigenvalue weighted by Gasteiger charge is 2.12. The minimum Gasteiger partial charge on any atom is -0.496 e. The second kappa shape index (κ2) is 7.01. The van der Waals surface area contributed by atoms with Crippen LogP contribution in [0.5, 0.6) is 5.75 Å². The fraction of sp³-hybridized carbons (Fsp3) is 0.600. The summed E-state index contributed by atoms with van der Waals surface area (Å²) in [4.78, 5) is 0. The quantitative estimate of drug-likeness (QED) is 0.653. The van der Waals surface area contributed by atoms with Crippen LogP contribution in [-0.2, 0) is 0 Å². The van der Waals surface area contributed by atoms with E-state index in [9.17, 15) is 0 Å². The number of hydrogen-bond donors (Lipinski definition) is 0. The van der Waals surface area contributed by atoms with Crippen LogP contribution >= 0.6 is 9.24 Å². The van der Waals surface area contributed by atoms with Gasteiger partial charge >= 0.3 is 0 Å². The average molecular weight is 252 g/mol. The van der Waals surface area contributed by atoms with Gasteiger partial charge in [-0.3, -0.25) is 0 Å². The number of rotatable bonds is 6. The van der Waals surface area contributed by atoms with Crippen molar-refractivity contribution in [1.29, 1.82) is 0 Å². The zero-order valence-electron chi connectivity index (χ0n) is 11.5. The summed E-state index contributed by atoms with van der Waals surface area (Å²) in [5.41, 5.74) is 3.17. The first-order chi connectivity index (χ1) is 8.13. The van der Waals surface area contributed by atoms with Gasteiger partial charge in [0.15, 0.2) is 0 Å². The molecule has 1 rings (SSSR count). The van der Waals surface area contributed by atoms with Crippen LogP contribution in [-0.4, -0.2) is 7.11 Å². The Morgan fingerprint density at radius 3 is 2.53 bits per heavy atom. The lowest BCUT2D eigenvalue weighted by molar-refractivity contribution is 0.408. The molecule has 1 aromatic rings. The van der Waals surface area contributed by atoms with Crippen molar-refractivity contribution in [3.63, 3.8) is 0 Å². The van der Waals surface area contributed by atoms with Crippen LogP contribution in [0.15, 0.2) is 18.2 Å². The molecule has 0 aliphatic heterocycles. The molecular formula is C15H25OP. The van der Waals surface area contributed by atoms with Crippen molar-refractivity contribution in [3.05, 3.63) is 29.3 Å². The van der Waals surface area contributed by atoms with Gasteiger partial charge in [0, 0.05) is 11.2 Å². The van der Waals surface area contributed by atoms with Crippen LogP contribution in [0.3, 0.4) is 0 Å². The highest BCUT2D eigenvalue weighted by molar-refractivity contribution is 7.17. The van der Waals surface area contributed by atoms with Crippen LogP contribution < -0.4 is 4.74 Å². The monoisotopic (exact) mass is 252 g/mol. The Balaban J connectivity index is 2.99. The lowest BCUT2D eigenvalue weighted by atomic mass is 9.94. The van der Waals surface area contributed by atoms with Crippen molar-refractivity contribution < 1.29 is 4.74 Å². The highest BCUT2D eigenvalue weighted by atomic mass is 31.0. The van der Waals surface area contributed by atoms with E-state index in [0.717, 1.165) is 12.2 Å². The molecule has 0 aliphatic carbocycles. The van der Waals surface area contributed by atoms with Crippen molar-refractivity contribution in [2.45, 2.75) is 51.6 Å². The predicted octanol–water partition coefficient (Wildman–Crippen LogP) is 4.93. The van der Waals surface area contributed by atoms with Crippen molar-refractivity contribution in [3.8, 4) is 5.75 Å². The Morgan fingerprint density at radius 1 is 1.29 bits per heavy atom. The molecule has 0 spiro atoms. The summed E-state index contributed by atoms with van der Waals surface area (Å²) >= 11 is 0. The molecule has 96 valence electrons. The summed E-state index contributed by atoms with van der Waals surface area (Å²) < 4.78 is 5.52. The van der Waals surface area contributed by atoms with E-state index in [1.165, 1.54) is 24.0 Å². The summed E-state index contributed by atoms with van der Waals surface area (Å²) in [7, 11) is 4.66. The minimum absolute atomic E-state index is 0.487. The molecule has 0 saturated carbocycles. The molecule has 0 saturated heterocycles. The SMILES string of the molecule is CCCC(C)c1ccc(C(P)CC)c(OC)c1. The molecule has 0 amide bonds. The van der Waals surface area contributed by atoms with Gasteiger partial charge in [0.1, 0.15) is 5.75 Å². The van der Waals surface area contributed by atoms with Crippen LogP contribution in [0.4, 0.5) is 0 Å². The molecule has 1 aromatic carbocycles. The van der Waals surface area contributed by atoms with Gasteiger partial charge in [-0.15, -0.1) is 9.24 Å². The molecule has 1 nitrogen and oxygen atoms in total. The number of benzene rings is 1. The summed E-state index contributed by atoms with van der Waals surface area (Å²) in [6.45, 7) is 6.72. The Bertz CT molecular complexity index is 349. The third kappa shape index (κ3) is 3.71. The predicted molar refractivity (Wildman–Crippen MR) is 79.1 cm³/mol. The smallest absolute Gasteiger partial charge is 0.122 e. The van der Waals surface area contributed by atoms with Gasteiger partial charge in [0.25, 0.3) is 0 Å². The summed E-state index contributed by atoms with van der Waals surface area (Å²) in [6, 6.07) is 6.69. The van der Waals surface area contributed by atoms with Crippen LogP contribution in [0.2, 0.25) is 0 Å². The molecular weight excluding hydrogens is 227 g/mol. The van der Waals surface area contributed by atoms with Gasteiger partial charge in [-0.05, 0) is 30.4 Å². The molecule has 17 heavy (non-hydrogen) atoms. The Morgan fingerprint density at radius 2 is 2.00 bits per heavy atom. The molecule has 0 N–H and O–H groups in total. The molecule has 0 bridgehead atoms. The van der Waals surface area contributed by atoms with E-state index in [2.05, 4.69) is 48.2 Å². The first-order valence-electron chi connectivity index (χ1n) is 6.57. The molecule has 3 unspecified atom stereocenters. The van der Waals surface area contributed by atoms with Crippen molar-refractivity contribution in [2.75, 3.05) is 7.11 Å². The Kier molecular flexibility index (Phi) is 5.98. The molecule has 3 atom stereocenters. The maximum atomic E-state index is 5.52. The van der Waals surface area contributed by atoms with Crippen LogP contribution in [0, 0.1) is 0 Å². The van der Waals surface area contributed by atoms with Crippen molar-refractivity contribution in [1.82, 2.24) is 0 Å². The molecule has 0 aliphatic rings. The van der Waals surface area contributed by atoms with Crippen LogP contribution in [0.1, 0.15) is 62.7 Å². The lowest BCUT2D eigenvalue weighted by Crippen LogP contribution is -1.98. The van der Waals surface area contributed by atoms with Crippen LogP contribution in [0.25, 0.3) is 0 Å². The second-order valence-electron chi connectivity index (χ2n) is 4.71. The third-order valence-electron chi connectivity index (χ3n) is 3.39. The van der Waals surface area contributed by atoms with E-state index in [-0.39, 0.29) is 0 Å². The van der Waals surface area contributed by atoms with Gasteiger partial charge in [-0.1, -0.05) is 39.3 Å². The van der Waals surface area contributed by atoms with Crippen molar-refractivity contribution >= 4 is 9.24 Å². The maximum Gasteiger partial charge on any atom is 0.122 e. The molecule has 2 heteroatoms. The van der Waals surface area contributed by atoms with Gasteiger partial charge in [0.2, 0.25) is 0 Å². The van der Waals surface area contributed by atoms with Gasteiger partial charge < -0.3 is 4.74 Å². The summed E-state index contributed by atoms with van der Waals surface area (Å²) in [5.74, 6) is 1.65. The number of methoxy groups -OCH3 is 1. The van der Waals surface area contributed by atoms with Crippen molar-refractivity contribution in [2.24, 2.45) is 0 Å².